The second-order valence-electron chi connectivity index (χ2n) is 10.7. The average molecular weight is 580 g/mol. The number of rotatable bonds is 10. The van der Waals surface area contributed by atoms with Crippen LogP contribution in [0.5, 0.6) is 5.75 Å². The van der Waals surface area contributed by atoms with Gasteiger partial charge >= 0.3 is 12.1 Å². The summed E-state index contributed by atoms with van der Waals surface area (Å²) in [5.74, 6) is -0.731. The lowest BCUT2D eigenvalue weighted by Gasteiger charge is -2.24. The van der Waals surface area contributed by atoms with E-state index in [1.807, 2.05) is 12.1 Å². The SMILES string of the molecule is COC(=O)C(O)c1ccc(C[C@H](NC(=O)OC(C)(C)C)C(=O)Nc2c(C)ccn(Cc3ccc(OC)cc3)c2=O)cc1. The first-order chi connectivity index (χ1) is 19.8. The minimum Gasteiger partial charge on any atom is -0.497 e. The van der Waals surface area contributed by atoms with Crippen LogP contribution in [0.4, 0.5) is 10.5 Å². The number of nitrogens with one attached hydrogen (secondary N) is 2. The van der Waals surface area contributed by atoms with Gasteiger partial charge in [-0.3, -0.25) is 9.59 Å². The number of pyridine rings is 1. The zero-order chi connectivity index (χ0) is 31.0. The normalized spacial score (nSPS) is 12.5. The van der Waals surface area contributed by atoms with E-state index in [-0.39, 0.29) is 18.7 Å². The zero-order valence-electron chi connectivity index (χ0n) is 24.6. The molecule has 11 nitrogen and oxygen atoms in total. The van der Waals surface area contributed by atoms with Gasteiger partial charge in [0.1, 0.15) is 23.1 Å². The van der Waals surface area contributed by atoms with Gasteiger partial charge in [-0.1, -0.05) is 36.4 Å². The fourth-order valence-corrected chi connectivity index (χ4v) is 4.06. The average Bonchev–Trinajstić information content (AvgIpc) is 2.95. The predicted molar refractivity (Wildman–Crippen MR) is 156 cm³/mol. The van der Waals surface area contributed by atoms with Gasteiger partial charge in [-0.2, -0.15) is 0 Å². The standard InChI is InChI=1S/C31H37N3O8/c1-19-15-16-34(18-21-9-13-23(40-5)14-10-21)28(37)25(19)33-27(36)24(32-30(39)42-31(2,3)4)17-20-7-11-22(12-8-20)26(35)29(38)41-6/h7-16,24,26,35H,17-18H2,1-6H3,(H,32,39)(H,33,36)/t24-,26?/m0/s1. The number of aromatic nitrogens is 1. The Labute approximate surface area is 244 Å². The number of esters is 1. The first-order valence-corrected chi connectivity index (χ1v) is 13.3. The quantitative estimate of drug-likeness (QED) is 0.310. The molecule has 2 aromatic carbocycles. The topological polar surface area (TPSA) is 145 Å². The van der Waals surface area contributed by atoms with Crippen LogP contribution in [0.25, 0.3) is 0 Å². The number of aliphatic hydroxyl groups excluding tert-OH is 1. The van der Waals surface area contributed by atoms with Gasteiger partial charge in [0, 0.05) is 12.6 Å². The van der Waals surface area contributed by atoms with E-state index >= 15 is 0 Å². The molecule has 1 aromatic heterocycles. The Balaban J connectivity index is 1.85. The Kier molecular flexibility index (Phi) is 10.5. The predicted octanol–water partition coefficient (Wildman–Crippen LogP) is 3.49. The van der Waals surface area contributed by atoms with E-state index in [9.17, 15) is 24.3 Å². The summed E-state index contributed by atoms with van der Waals surface area (Å²) < 4.78 is 16.6. The van der Waals surface area contributed by atoms with E-state index in [0.717, 1.165) is 5.56 Å². The number of ether oxygens (including phenoxy) is 3. The van der Waals surface area contributed by atoms with E-state index in [1.165, 1.54) is 23.8 Å². The van der Waals surface area contributed by atoms with Crippen molar-refractivity contribution in [3.05, 3.63) is 93.4 Å². The lowest BCUT2D eigenvalue weighted by atomic mass is 10.0. The molecule has 0 aliphatic carbocycles. The van der Waals surface area contributed by atoms with Crippen LogP contribution in [0.2, 0.25) is 0 Å². The molecular formula is C31H37N3O8. The second kappa shape index (κ2) is 13.8. The molecule has 3 rings (SSSR count). The second-order valence-corrected chi connectivity index (χ2v) is 10.7. The van der Waals surface area contributed by atoms with Gasteiger partial charge in [0.15, 0.2) is 6.10 Å². The molecule has 0 fully saturated rings. The summed E-state index contributed by atoms with van der Waals surface area (Å²) in [5, 5.41) is 15.4. The summed E-state index contributed by atoms with van der Waals surface area (Å²) in [6, 6.07) is 14.2. The Bertz CT molecular complexity index is 1460. The summed E-state index contributed by atoms with van der Waals surface area (Å²) in [6.45, 7) is 7.08. The van der Waals surface area contributed by atoms with Gasteiger partial charge in [0.2, 0.25) is 5.91 Å². The molecule has 0 radical (unpaired) electrons. The summed E-state index contributed by atoms with van der Waals surface area (Å²) in [6.07, 6.45) is -0.574. The number of amides is 2. The van der Waals surface area contributed by atoms with E-state index in [4.69, 9.17) is 9.47 Å². The van der Waals surface area contributed by atoms with Crippen molar-refractivity contribution in [3.8, 4) is 5.75 Å². The highest BCUT2D eigenvalue weighted by atomic mass is 16.6. The molecule has 11 heteroatoms. The number of benzene rings is 2. The van der Waals surface area contributed by atoms with Gasteiger partial charge in [0.05, 0.1) is 20.8 Å². The molecule has 2 amide bonds. The van der Waals surface area contributed by atoms with Crippen LogP contribution in [0, 0.1) is 6.92 Å². The highest BCUT2D eigenvalue weighted by Gasteiger charge is 2.26. The number of aryl methyl sites for hydroxylation is 1. The minimum atomic E-state index is -1.45. The van der Waals surface area contributed by atoms with Crippen LogP contribution in [-0.2, 0) is 32.0 Å². The summed E-state index contributed by atoms with van der Waals surface area (Å²) in [5.41, 5.74) is 1.22. The Morgan fingerprint density at radius 3 is 2.14 bits per heavy atom. The molecule has 1 unspecified atom stereocenters. The van der Waals surface area contributed by atoms with Crippen molar-refractivity contribution in [3.63, 3.8) is 0 Å². The number of alkyl carbamates (subject to hydrolysis) is 1. The van der Waals surface area contributed by atoms with E-state index < -0.39 is 41.3 Å². The van der Waals surface area contributed by atoms with Crippen LogP contribution in [-0.4, -0.2) is 53.5 Å². The third-order valence-corrected chi connectivity index (χ3v) is 6.30. The van der Waals surface area contributed by atoms with Crippen molar-refractivity contribution in [2.45, 2.75) is 58.4 Å². The fourth-order valence-electron chi connectivity index (χ4n) is 4.06. The third-order valence-electron chi connectivity index (χ3n) is 6.30. The molecule has 0 spiro atoms. The largest absolute Gasteiger partial charge is 0.497 e. The molecule has 42 heavy (non-hydrogen) atoms. The number of anilines is 1. The fraction of sp³-hybridized carbons (Fsp3) is 0.355. The first kappa shape index (κ1) is 31.9. The van der Waals surface area contributed by atoms with Crippen LogP contribution in [0.3, 0.4) is 0 Å². The monoisotopic (exact) mass is 579 g/mol. The molecular weight excluding hydrogens is 542 g/mol. The third kappa shape index (κ3) is 8.68. The maximum absolute atomic E-state index is 13.5. The van der Waals surface area contributed by atoms with Crippen molar-refractivity contribution in [1.29, 1.82) is 0 Å². The van der Waals surface area contributed by atoms with Crippen molar-refractivity contribution in [2.75, 3.05) is 19.5 Å². The Morgan fingerprint density at radius 1 is 0.952 bits per heavy atom. The number of nitrogens with zero attached hydrogens (tertiary/aromatic N) is 1. The zero-order valence-corrected chi connectivity index (χ0v) is 24.6. The van der Waals surface area contributed by atoms with E-state index in [0.29, 0.717) is 22.4 Å². The van der Waals surface area contributed by atoms with Crippen LogP contribution in [0.1, 0.15) is 49.1 Å². The lowest BCUT2D eigenvalue weighted by Crippen LogP contribution is -2.47. The van der Waals surface area contributed by atoms with Gasteiger partial charge < -0.3 is 34.5 Å². The van der Waals surface area contributed by atoms with Crippen LogP contribution in [0.15, 0.2) is 65.6 Å². The number of methoxy groups -OCH3 is 2. The molecule has 0 bridgehead atoms. The first-order valence-electron chi connectivity index (χ1n) is 13.3. The van der Waals surface area contributed by atoms with Crippen LogP contribution >= 0.6 is 0 Å². The number of hydrogen-bond donors (Lipinski definition) is 3. The maximum Gasteiger partial charge on any atom is 0.408 e. The highest BCUT2D eigenvalue weighted by Crippen LogP contribution is 2.18. The molecule has 1 heterocycles. The molecule has 0 saturated heterocycles. The molecule has 3 aromatic rings. The van der Waals surface area contributed by atoms with Gasteiger partial charge in [-0.15, -0.1) is 0 Å². The Hall–Kier alpha value is -4.64. The lowest BCUT2D eigenvalue weighted by molar-refractivity contribution is -0.150. The molecule has 3 N–H and O–H groups in total. The number of aliphatic hydroxyl groups is 1. The van der Waals surface area contributed by atoms with Gasteiger partial charge in [0.25, 0.3) is 5.56 Å². The number of hydrogen-bond acceptors (Lipinski definition) is 8. The number of carbonyl (C=O) groups excluding carboxylic acids is 3. The van der Waals surface area contributed by atoms with Crippen molar-refractivity contribution in [1.82, 2.24) is 9.88 Å². The molecule has 0 aliphatic heterocycles. The van der Waals surface area contributed by atoms with E-state index in [1.54, 1.807) is 71.3 Å². The van der Waals surface area contributed by atoms with Crippen molar-refractivity contribution < 1.29 is 33.7 Å². The molecule has 224 valence electrons. The molecule has 0 aliphatic rings. The summed E-state index contributed by atoms with van der Waals surface area (Å²) >= 11 is 0. The maximum atomic E-state index is 13.5. The van der Waals surface area contributed by atoms with Crippen LogP contribution < -0.4 is 20.9 Å². The summed E-state index contributed by atoms with van der Waals surface area (Å²) in [4.78, 5) is 51.2. The number of carbonyl (C=O) groups is 3. The summed E-state index contributed by atoms with van der Waals surface area (Å²) in [7, 11) is 2.75. The highest BCUT2D eigenvalue weighted by molar-refractivity contribution is 5.97. The minimum absolute atomic E-state index is 0.0333. The molecule has 0 saturated carbocycles. The van der Waals surface area contributed by atoms with Gasteiger partial charge in [-0.05, 0) is 68.1 Å². The smallest absolute Gasteiger partial charge is 0.408 e. The van der Waals surface area contributed by atoms with Crippen molar-refractivity contribution >= 4 is 23.7 Å². The van der Waals surface area contributed by atoms with Crippen molar-refractivity contribution in [2.24, 2.45) is 0 Å². The van der Waals surface area contributed by atoms with Gasteiger partial charge in [-0.25, -0.2) is 9.59 Å². The molecule has 2 atom stereocenters. The Morgan fingerprint density at radius 2 is 1.57 bits per heavy atom. The van der Waals surface area contributed by atoms with E-state index in [2.05, 4.69) is 15.4 Å².